The maximum atomic E-state index is 13.0. The van der Waals surface area contributed by atoms with Crippen molar-refractivity contribution >= 4 is 17.5 Å². The van der Waals surface area contributed by atoms with E-state index in [1.165, 1.54) is 5.56 Å². The molecule has 2 heterocycles. The molecule has 1 fully saturated rings. The van der Waals surface area contributed by atoms with Crippen LogP contribution in [0.15, 0.2) is 67.0 Å². The molecule has 0 spiro atoms. The fraction of sp³-hybridized carbons (Fsp3) is 0.292. The molecule has 160 valence electrons. The van der Waals surface area contributed by atoms with Crippen molar-refractivity contribution in [1.82, 2.24) is 14.7 Å². The zero-order chi connectivity index (χ0) is 21.8. The number of hydrogen-bond donors (Lipinski definition) is 0. The summed E-state index contributed by atoms with van der Waals surface area (Å²) in [6.45, 7) is 1.52. The number of anilines is 1. The van der Waals surface area contributed by atoms with Crippen molar-refractivity contribution in [2.75, 3.05) is 25.6 Å². The summed E-state index contributed by atoms with van der Waals surface area (Å²) in [5, 5.41) is 4.41. The highest BCUT2D eigenvalue weighted by atomic mass is 16.5. The van der Waals surface area contributed by atoms with Crippen LogP contribution in [0.3, 0.4) is 0 Å². The lowest BCUT2D eigenvalue weighted by molar-refractivity contribution is -0.135. The number of benzene rings is 2. The van der Waals surface area contributed by atoms with Crippen LogP contribution >= 0.6 is 0 Å². The van der Waals surface area contributed by atoms with E-state index in [1.807, 2.05) is 53.3 Å². The van der Waals surface area contributed by atoms with Gasteiger partial charge in [0, 0.05) is 50.1 Å². The molecule has 0 aliphatic carbocycles. The monoisotopic (exact) mass is 418 g/mol. The van der Waals surface area contributed by atoms with Crippen LogP contribution in [0.5, 0.6) is 5.75 Å². The summed E-state index contributed by atoms with van der Waals surface area (Å²) in [4.78, 5) is 28.9. The molecule has 4 rings (SSSR count). The molecular weight excluding hydrogens is 392 g/mol. The van der Waals surface area contributed by atoms with Gasteiger partial charge < -0.3 is 14.5 Å². The highest BCUT2D eigenvalue weighted by Gasteiger charge is 2.36. The van der Waals surface area contributed by atoms with E-state index in [4.69, 9.17) is 4.74 Å². The second-order valence-electron chi connectivity index (χ2n) is 7.83. The molecule has 0 unspecified atom stereocenters. The van der Waals surface area contributed by atoms with E-state index in [2.05, 4.69) is 17.2 Å². The first-order chi connectivity index (χ1) is 15.0. The van der Waals surface area contributed by atoms with Crippen molar-refractivity contribution in [3.63, 3.8) is 0 Å². The number of carbonyl (C=O) groups is 2. The number of nitrogens with zero attached hydrogens (tertiary/aromatic N) is 4. The molecule has 0 saturated carbocycles. The maximum Gasteiger partial charge on any atom is 0.228 e. The lowest BCUT2D eigenvalue weighted by Gasteiger charge is -2.21. The van der Waals surface area contributed by atoms with Crippen molar-refractivity contribution in [3.8, 4) is 5.75 Å². The van der Waals surface area contributed by atoms with E-state index in [0.29, 0.717) is 25.4 Å². The standard InChI is InChI=1S/C24H26N4O3/c1-26(14-19-13-25-27(16-19)15-18-7-4-3-5-8-18)24(30)20-11-23(29)28(17-20)21-9-6-10-22(12-21)31-2/h3-10,12-13,16,20H,11,14-15,17H2,1-2H3/t20-/m1/s1. The average Bonchev–Trinajstić information content (AvgIpc) is 3.40. The Morgan fingerprint density at radius 3 is 2.74 bits per heavy atom. The van der Waals surface area contributed by atoms with E-state index in [0.717, 1.165) is 11.3 Å². The van der Waals surface area contributed by atoms with Crippen LogP contribution in [0.1, 0.15) is 17.5 Å². The van der Waals surface area contributed by atoms with Crippen molar-refractivity contribution in [3.05, 3.63) is 78.1 Å². The molecule has 3 aromatic rings. The number of amides is 2. The molecule has 1 atom stereocenters. The largest absolute Gasteiger partial charge is 0.497 e. The third kappa shape index (κ3) is 4.77. The number of rotatable bonds is 7. The van der Waals surface area contributed by atoms with Gasteiger partial charge in [0.25, 0.3) is 0 Å². The minimum Gasteiger partial charge on any atom is -0.497 e. The van der Waals surface area contributed by atoms with Gasteiger partial charge in [0.05, 0.1) is 25.8 Å². The Balaban J connectivity index is 1.37. The van der Waals surface area contributed by atoms with Gasteiger partial charge in [-0.3, -0.25) is 14.3 Å². The van der Waals surface area contributed by atoms with Gasteiger partial charge in [0.1, 0.15) is 5.75 Å². The van der Waals surface area contributed by atoms with Crippen molar-refractivity contribution in [2.24, 2.45) is 5.92 Å². The minimum absolute atomic E-state index is 0.0328. The van der Waals surface area contributed by atoms with Crippen molar-refractivity contribution in [2.45, 2.75) is 19.5 Å². The summed E-state index contributed by atoms with van der Waals surface area (Å²) >= 11 is 0. The van der Waals surface area contributed by atoms with E-state index >= 15 is 0 Å². The van der Waals surface area contributed by atoms with E-state index in [-0.39, 0.29) is 24.2 Å². The molecule has 1 aliphatic rings. The van der Waals surface area contributed by atoms with Gasteiger partial charge in [0.15, 0.2) is 0 Å². The Labute approximate surface area is 181 Å². The summed E-state index contributed by atoms with van der Waals surface area (Å²) in [5.74, 6) is 0.248. The summed E-state index contributed by atoms with van der Waals surface area (Å²) in [6, 6.07) is 17.5. The molecule has 0 N–H and O–H groups in total. The van der Waals surface area contributed by atoms with Gasteiger partial charge in [-0.2, -0.15) is 5.10 Å². The number of hydrogen-bond acceptors (Lipinski definition) is 4. The fourth-order valence-electron chi connectivity index (χ4n) is 3.91. The smallest absolute Gasteiger partial charge is 0.228 e. The van der Waals surface area contributed by atoms with Crippen LogP contribution in [-0.4, -0.2) is 47.2 Å². The molecule has 1 aliphatic heterocycles. The van der Waals surface area contributed by atoms with E-state index in [9.17, 15) is 9.59 Å². The predicted molar refractivity (Wildman–Crippen MR) is 118 cm³/mol. The molecule has 0 bridgehead atoms. The summed E-state index contributed by atoms with van der Waals surface area (Å²) in [6.07, 6.45) is 3.96. The number of aromatic nitrogens is 2. The number of methoxy groups -OCH3 is 1. The first kappa shape index (κ1) is 20.7. The van der Waals surface area contributed by atoms with Crippen molar-refractivity contribution in [1.29, 1.82) is 0 Å². The molecule has 1 saturated heterocycles. The van der Waals surface area contributed by atoms with Crippen LogP contribution in [0.25, 0.3) is 0 Å². The van der Waals surface area contributed by atoms with Crippen LogP contribution in [0.4, 0.5) is 5.69 Å². The van der Waals surface area contributed by atoms with E-state index in [1.54, 1.807) is 30.2 Å². The minimum atomic E-state index is -0.358. The second-order valence-corrected chi connectivity index (χ2v) is 7.83. The molecule has 2 aromatic carbocycles. The molecule has 2 amide bonds. The Bertz CT molecular complexity index is 1060. The zero-order valence-electron chi connectivity index (χ0n) is 17.8. The van der Waals surface area contributed by atoms with Crippen LogP contribution in [0, 0.1) is 5.92 Å². The molecule has 7 heteroatoms. The molecule has 1 aromatic heterocycles. The van der Waals surface area contributed by atoms with Gasteiger partial charge in [-0.25, -0.2) is 0 Å². The van der Waals surface area contributed by atoms with Crippen LogP contribution in [-0.2, 0) is 22.7 Å². The SMILES string of the molecule is COc1cccc(N2C[C@H](C(=O)N(C)Cc3cnn(Cc4ccccc4)c3)CC2=O)c1. The zero-order valence-corrected chi connectivity index (χ0v) is 17.8. The number of ether oxygens (including phenoxy) is 1. The van der Waals surface area contributed by atoms with Gasteiger partial charge >= 0.3 is 0 Å². The van der Waals surface area contributed by atoms with E-state index < -0.39 is 0 Å². The Morgan fingerprint density at radius 2 is 1.97 bits per heavy atom. The first-order valence-electron chi connectivity index (χ1n) is 10.3. The lowest BCUT2D eigenvalue weighted by Crippen LogP contribution is -2.34. The van der Waals surface area contributed by atoms with Gasteiger partial charge in [-0.05, 0) is 17.7 Å². The van der Waals surface area contributed by atoms with Crippen LogP contribution < -0.4 is 9.64 Å². The van der Waals surface area contributed by atoms with Crippen molar-refractivity contribution < 1.29 is 14.3 Å². The normalized spacial score (nSPS) is 15.9. The maximum absolute atomic E-state index is 13.0. The van der Waals surface area contributed by atoms with Gasteiger partial charge in [-0.1, -0.05) is 36.4 Å². The molecular formula is C24H26N4O3. The fourth-order valence-corrected chi connectivity index (χ4v) is 3.91. The predicted octanol–water partition coefficient (Wildman–Crippen LogP) is 2.95. The third-order valence-corrected chi connectivity index (χ3v) is 5.51. The van der Waals surface area contributed by atoms with Gasteiger partial charge in [-0.15, -0.1) is 0 Å². The summed E-state index contributed by atoms with van der Waals surface area (Å²) in [5.41, 5.74) is 2.88. The topological polar surface area (TPSA) is 67.7 Å². The average molecular weight is 418 g/mol. The van der Waals surface area contributed by atoms with Crippen LogP contribution in [0.2, 0.25) is 0 Å². The number of carbonyl (C=O) groups excluding carboxylic acids is 2. The lowest BCUT2D eigenvalue weighted by atomic mass is 10.1. The molecule has 0 radical (unpaired) electrons. The quantitative estimate of drug-likeness (QED) is 0.592. The Hall–Kier alpha value is -3.61. The Morgan fingerprint density at radius 1 is 1.16 bits per heavy atom. The highest BCUT2D eigenvalue weighted by Crippen LogP contribution is 2.28. The summed E-state index contributed by atoms with van der Waals surface area (Å²) < 4.78 is 7.11. The van der Waals surface area contributed by atoms with Gasteiger partial charge in [0.2, 0.25) is 11.8 Å². The summed E-state index contributed by atoms with van der Waals surface area (Å²) in [7, 11) is 3.36. The second kappa shape index (κ2) is 9.04. The highest BCUT2D eigenvalue weighted by molar-refractivity contribution is 6.00. The Kier molecular flexibility index (Phi) is 6.02. The molecule has 7 nitrogen and oxygen atoms in total. The third-order valence-electron chi connectivity index (χ3n) is 5.51. The molecule has 31 heavy (non-hydrogen) atoms. The first-order valence-corrected chi connectivity index (χ1v) is 10.3.